The topological polar surface area (TPSA) is 58.6 Å². The zero-order valence-corrected chi connectivity index (χ0v) is 15.6. The Bertz CT molecular complexity index is 597. The molecule has 0 aliphatic carbocycles. The number of carbonyl (C=O) groups excluding carboxylic acids is 2. The Labute approximate surface area is 152 Å². The molecule has 0 bridgehead atoms. The van der Waals surface area contributed by atoms with Gasteiger partial charge in [-0.1, -0.05) is 18.5 Å². The number of halogens is 1. The number of methoxy groups -OCH3 is 1. The van der Waals surface area contributed by atoms with Crippen LogP contribution in [0.1, 0.15) is 19.8 Å². The second-order valence-electron chi connectivity index (χ2n) is 5.63. The molecule has 1 aliphatic rings. The average Bonchev–Trinajstić information content (AvgIpc) is 2.96. The van der Waals surface area contributed by atoms with E-state index in [2.05, 4.69) is 12.2 Å². The van der Waals surface area contributed by atoms with Crippen LogP contribution in [0.3, 0.4) is 0 Å². The summed E-state index contributed by atoms with van der Waals surface area (Å²) >= 11 is 7.94. The highest BCUT2D eigenvalue weighted by Crippen LogP contribution is 2.32. The Kier molecular flexibility index (Phi) is 7.24. The number of anilines is 1. The van der Waals surface area contributed by atoms with Crippen LogP contribution in [0.15, 0.2) is 18.2 Å². The van der Waals surface area contributed by atoms with Crippen LogP contribution in [0.5, 0.6) is 5.75 Å². The number of carbonyl (C=O) groups is 2. The summed E-state index contributed by atoms with van der Waals surface area (Å²) in [4.78, 5) is 26.1. The van der Waals surface area contributed by atoms with Crippen molar-refractivity contribution in [3.8, 4) is 5.75 Å². The fraction of sp³-hybridized carbons (Fsp3) is 0.529. The zero-order chi connectivity index (χ0) is 17.5. The largest absolute Gasteiger partial charge is 0.495 e. The molecule has 1 aromatic rings. The van der Waals surface area contributed by atoms with E-state index in [1.807, 2.05) is 11.8 Å². The first-order valence-corrected chi connectivity index (χ1v) is 9.59. The molecule has 24 heavy (non-hydrogen) atoms. The van der Waals surface area contributed by atoms with Crippen molar-refractivity contribution >= 4 is 40.9 Å². The van der Waals surface area contributed by atoms with Crippen molar-refractivity contribution in [3.05, 3.63) is 23.2 Å². The van der Waals surface area contributed by atoms with E-state index in [0.29, 0.717) is 29.5 Å². The molecule has 1 N–H and O–H groups in total. The van der Waals surface area contributed by atoms with Gasteiger partial charge in [-0.2, -0.15) is 11.8 Å². The molecule has 2 rings (SSSR count). The summed E-state index contributed by atoms with van der Waals surface area (Å²) in [6, 6.07) is 5.20. The quantitative estimate of drug-likeness (QED) is 0.715. The molecule has 7 heteroatoms. The van der Waals surface area contributed by atoms with Gasteiger partial charge in [-0.3, -0.25) is 9.59 Å². The molecule has 1 fully saturated rings. The lowest BCUT2D eigenvalue weighted by atomic mass is 10.1. The summed E-state index contributed by atoms with van der Waals surface area (Å²) in [6.45, 7) is 3.16. The molecule has 1 saturated heterocycles. The molecule has 0 radical (unpaired) electrons. The molecule has 0 spiro atoms. The summed E-state index contributed by atoms with van der Waals surface area (Å²) in [7, 11) is 1.54. The van der Waals surface area contributed by atoms with Gasteiger partial charge in [0.15, 0.2) is 0 Å². The van der Waals surface area contributed by atoms with Crippen molar-refractivity contribution in [1.82, 2.24) is 5.32 Å². The number of rotatable bonds is 8. The summed E-state index contributed by atoms with van der Waals surface area (Å²) < 4.78 is 5.12. The molecular formula is C17H23ClN2O3S. The SMILES string of the molecule is CCCSCCNC(=O)[C@H]1CC(=O)N(c2ccc(OC)c(Cl)c2)C1. The lowest BCUT2D eigenvalue weighted by Crippen LogP contribution is -2.34. The van der Waals surface area contributed by atoms with Gasteiger partial charge in [-0.25, -0.2) is 0 Å². The first kappa shape index (κ1) is 18.9. The lowest BCUT2D eigenvalue weighted by molar-refractivity contribution is -0.126. The van der Waals surface area contributed by atoms with E-state index >= 15 is 0 Å². The lowest BCUT2D eigenvalue weighted by Gasteiger charge is -2.17. The number of amides is 2. The number of thioether (sulfide) groups is 1. The van der Waals surface area contributed by atoms with Crippen LogP contribution in [0, 0.1) is 5.92 Å². The first-order valence-electron chi connectivity index (χ1n) is 8.06. The normalized spacial score (nSPS) is 17.2. The van der Waals surface area contributed by atoms with Gasteiger partial charge >= 0.3 is 0 Å². The van der Waals surface area contributed by atoms with Crippen LogP contribution in [0.2, 0.25) is 5.02 Å². The van der Waals surface area contributed by atoms with Gasteiger partial charge in [0, 0.05) is 31.0 Å². The van der Waals surface area contributed by atoms with Gasteiger partial charge in [0.1, 0.15) is 5.75 Å². The van der Waals surface area contributed by atoms with E-state index in [9.17, 15) is 9.59 Å². The van der Waals surface area contributed by atoms with Gasteiger partial charge in [0.05, 0.1) is 18.1 Å². The predicted octanol–water partition coefficient (Wildman–Crippen LogP) is 2.96. The second kappa shape index (κ2) is 9.18. The predicted molar refractivity (Wildman–Crippen MR) is 99.1 cm³/mol. The van der Waals surface area contributed by atoms with Gasteiger partial charge in [0.2, 0.25) is 11.8 Å². The minimum absolute atomic E-state index is 0.0532. The molecule has 0 unspecified atom stereocenters. The van der Waals surface area contributed by atoms with E-state index < -0.39 is 0 Å². The van der Waals surface area contributed by atoms with Crippen molar-refractivity contribution in [2.75, 3.05) is 36.6 Å². The van der Waals surface area contributed by atoms with Crippen molar-refractivity contribution in [3.63, 3.8) is 0 Å². The molecule has 1 atom stereocenters. The zero-order valence-electron chi connectivity index (χ0n) is 14.0. The van der Waals surface area contributed by atoms with E-state index in [4.69, 9.17) is 16.3 Å². The van der Waals surface area contributed by atoms with Gasteiger partial charge < -0.3 is 15.0 Å². The first-order chi connectivity index (χ1) is 11.6. The fourth-order valence-electron chi connectivity index (χ4n) is 2.59. The third-order valence-electron chi connectivity index (χ3n) is 3.84. The monoisotopic (exact) mass is 370 g/mol. The van der Waals surface area contributed by atoms with E-state index in [-0.39, 0.29) is 24.2 Å². The van der Waals surface area contributed by atoms with Gasteiger partial charge in [-0.15, -0.1) is 0 Å². The Balaban J connectivity index is 1.90. The van der Waals surface area contributed by atoms with E-state index in [1.165, 1.54) is 0 Å². The molecule has 0 aromatic heterocycles. The number of nitrogens with one attached hydrogen (secondary N) is 1. The standard InChI is InChI=1S/C17H23ClN2O3S/c1-3-7-24-8-6-19-17(22)12-9-16(21)20(11-12)13-4-5-15(23-2)14(18)10-13/h4-5,10,12H,3,6-9,11H2,1-2H3,(H,19,22)/t12-/m0/s1. The number of nitrogens with zero attached hydrogens (tertiary/aromatic N) is 1. The molecular weight excluding hydrogens is 348 g/mol. The van der Waals surface area contributed by atoms with Crippen LogP contribution in [-0.4, -0.2) is 43.5 Å². The minimum Gasteiger partial charge on any atom is -0.495 e. The second-order valence-corrected chi connectivity index (χ2v) is 7.26. The Morgan fingerprint density at radius 1 is 1.46 bits per heavy atom. The van der Waals surface area contributed by atoms with Crippen LogP contribution >= 0.6 is 23.4 Å². The van der Waals surface area contributed by atoms with Crippen LogP contribution in [0.25, 0.3) is 0 Å². The Hall–Kier alpha value is -1.40. The highest BCUT2D eigenvalue weighted by atomic mass is 35.5. The van der Waals surface area contributed by atoms with Crippen LogP contribution in [-0.2, 0) is 9.59 Å². The fourth-order valence-corrected chi connectivity index (χ4v) is 3.58. The number of hydrogen-bond acceptors (Lipinski definition) is 4. The van der Waals surface area contributed by atoms with Crippen molar-refractivity contribution < 1.29 is 14.3 Å². The van der Waals surface area contributed by atoms with Crippen molar-refractivity contribution in [1.29, 1.82) is 0 Å². The van der Waals surface area contributed by atoms with Gasteiger partial charge in [0.25, 0.3) is 0 Å². The maximum atomic E-state index is 12.2. The van der Waals surface area contributed by atoms with Crippen molar-refractivity contribution in [2.45, 2.75) is 19.8 Å². The summed E-state index contributed by atoms with van der Waals surface area (Å²) in [5.41, 5.74) is 0.694. The van der Waals surface area contributed by atoms with Gasteiger partial charge in [-0.05, 0) is 30.4 Å². The summed E-state index contributed by atoms with van der Waals surface area (Å²) in [6.07, 6.45) is 1.37. The Morgan fingerprint density at radius 3 is 2.92 bits per heavy atom. The Morgan fingerprint density at radius 2 is 2.25 bits per heavy atom. The highest BCUT2D eigenvalue weighted by Gasteiger charge is 2.35. The van der Waals surface area contributed by atoms with Crippen LogP contribution in [0.4, 0.5) is 5.69 Å². The van der Waals surface area contributed by atoms with E-state index in [1.54, 1.807) is 30.2 Å². The minimum atomic E-state index is -0.311. The maximum Gasteiger partial charge on any atom is 0.227 e. The number of benzene rings is 1. The molecule has 2 amide bonds. The molecule has 0 saturated carbocycles. The maximum absolute atomic E-state index is 12.2. The third-order valence-corrected chi connectivity index (χ3v) is 5.32. The number of hydrogen-bond donors (Lipinski definition) is 1. The molecule has 132 valence electrons. The average molecular weight is 371 g/mol. The summed E-state index contributed by atoms with van der Waals surface area (Å²) in [5.74, 6) is 2.14. The number of ether oxygens (including phenoxy) is 1. The third kappa shape index (κ3) is 4.80. The molecule has 1 aliphatic heterocycles. The highest BCUT2D eigenvalue weighted by molar-refractivity contribution is 7.99. The van der Waals surface area contributed by atoms with E-state index in [0.717, 1.165) is 17.9 Å². The smallest absolute Gasteiger partial charge is 0.227 e. The molecule has 5 nitrogen and oxygen atoms in total. The van der Waals surface area contributed by atoms with Crippen molar-refractivity contribution in [2.24, 2.45) is 5.92 Å². The molecule has 1 heterocycles. The summed E-state index contributed by atoms with van der Waals surface area (Å²) in [5, 5.41) is 3.37. The molecule has 1 aromatic carbocycles. The van der Waals surface area contributed by atoms with Crippen LogP contribution < -0.4 is 15.0 Å².